The lowest BCUT2D eigenvalue weighted by Crippen LogP contribution is -1.81. The maximum Gasteiger partial charge on any atom is 0.156 e. The summed E-state index contributed by atoms with van der Waals surface area (Å²) < 4.78 is 0. The molecule has 0 fully saturated rings. The van der Waals surface area contributed by atoms with Crippen molar-refractivity contribution in [1.29, 1.82) is 0 Å². The van der Waals surface area contributed by atoms with Crippen LogP contribution in [0.4, 0.5) is 0 Å². The van der Waals surface area contributed by atoms with E-state index in [1.165, 1.54) is 6.33 Å². The van der Waals surface area contributed by atoms with E-state index in [1.807, 2.05) is 18.3 Å². The molecule has 78 valence electrons. The standard InChI is InChI=1S/C10H9Cl2N3/c11-4-2-1-3-7-5-13-9-8(7)14-6-15-10(9)12/h1,3,5-6,13H,2,4H2. The van der Waals surface area contributed by atoms with Crippen LogP contribution in [0.5, 0.6) is 0 Å². The Morgan fingerprint density at radius 2 is 2.27 bits per heavy atom. The zero-order valence-electron chi connectivity index (χ0n) is 7.87. The Labute approximate surface area is 97.1 Å². The number of allylic oxidation sites excluding steroid dienone is 1. The third kappa shape index (κ3) is 2.13. The van der Waals surface area contributed by atoms with Gasteiger partial charge in [-0.2, -0.15) is 0 Å². The second kappa shape index (κ2) is 4.64. The second-order valence-corrected chi connectivity index (χ2v) is 3.75. The summed E-state index contributed by atoms with van der Waals surface area (Å²) in [7, 11) is 0. The molecule has 0 aromatic carbocycles. The summed E-state index contributed by atoms with van der Waals surface area (Å²) in [5, 5.41) is 0.442. The minimum atomic E-state index is 0.442. The quantitative estimate of drug-likeness (QED) is 0.663. The van der Waals surface area contributed by atoms with Crippen molar-refractivity contribution in [2.45, 2.75) is 6.42 Å². The van der Waals surface area contributed by atoms with Gasteiger partial charge in [0, 0.05) is 17.6 Å². The molecule has 2 aromatic heterocycles. The highest BCUT2D eigenvalue weighted by molar-refractivity contribution is 6.33. The normalized spacial score (nSPS) is 11.6. The second-order valence-electron chi connectivity index (χ2n) is 3.01. The number of fused-ring (bicyclic) bond motifs is 1. The molecule has 0 unspecified atom stereocenters. The Hall–Kier alpha value is -1.06. The topological polar surface area (TPSA) is 41.6 Å². The van der Waals surface area contributed by atoms with E-state index < -0.39 is 0 Å². The average molecular weight is 242 g/mol. The molecule has 2 heterocycles. The third-order valence-electron chi connectivity index (χ3n) is 2.02. The Morgan fingerprint density at radius 1 is 1.40 bits per heavy atom. The third-order valence-corrected chi connectivity index (χ3v) is 2.52. The van der Waals surface area contributed by atoms with Crippen molar-refractivity contribution in [3.63, 3.8) is 0 Å². The first kappa shape index (κ1) is 10.5. The van der Waals surface area contributed by atoms with Crippen molar-refractivity contribution in [3.05, 3.63) is 29.3 Å². The lowest BCUT2D eigenvalue weighted by Gasteiger charge is -1.92. The van der Waals surface area contributed by atoms with Gasteiger partial charge in [0.05, 0.1) is 0 Å². The summed E-state index contributed by atoms with van der Waals surface area (Å²) in [6.07, 6.45) is 8.14. The van der Waals surface area contributed by atoms with Crippen molar-refractivity contribution in [1.82, 2.24) is 15.0 Å². The molecule has 0 aliphatic heterocycles. The monoisotopic (exact) mass is 241 g/mol. The molecule has 2 rings (SSSR count). The van der Waals surface area contributed by atoms with E-state index in [4.69, 9.17) is 23.2 Å². The molecule has 0 radical (unpaired) electrons. The van der Waals surface area contributed by atoms with Crippen LogP contribution in [-0.4, -0.2) is 20.8 Å². The molecule has 0 aliphatic carbocycles. The smallest absolute Gasteiger partial charge is 0.156 e. The van der Waals surface area contributed by atoms with Crippen LogP contribution in [0.25, 0.3) is 17.1 Å². The van der Waals surface area contributed by atoms with Gasteiger partial charge < -0.3 is 4.98 Å². The van der Waals surface area contributed by atoms with Crippen LogP contribution in [-0.2, 0) is 0 Å². The highest BCUT2D eigenvalue weighted by atomic mass is 35.5. The summed E-state index contributed by atoms with van der Waals surface area (Å²) in [4.78, 5) is 11.1. The maximum atomic E-state index is 5.90. The Balaban J connectivity index is 2.41. The fourth-order valence-corrected chi connectivity index (χ4v) is 1.64. The minimum Gasteiger partial charge on any atom is -0.357 e. The van der Waals surface area contributed by atoms with Crippen LogP contribution >= 0.6 is 23.2 Å². The van der Waals surface area contributed by atoms with Crippen molar-refractivity contribution in [2.75, 3.05) is 5.88 Å². The minimum absolute atomic E-state index is 0.442. The van der Waals surface area contributed by atoms with Gasteiger partial charge in [-0.3, -0.25) is 0 Å². The average Bonchev–Trinajstić information content (AvgIpc) is 2.64. The van der Waals surface area contributed by atoms with Gasteiger partial charge in [0.2, 0.25) is 0 Å². The molecule has 15 heavy (non-hydrogen) atoms. The predicted octanol–water partition coefficient (Wildman–Crippen LogP) is 3.25. The van der Waals surface area contributed by atoms with Gasteiger partial charge in [0.15, 0.2) is 5.15 Å². The van der Waals surface area contributed by atoms with Crippen molar-refractivity contribution in [2.24, 2.45) is 0 Å². The van der Waals surface area contributed by atoms with Crippen molar-refractivity contribution in [3.8, 4) is 0 Å². The Bertz CT molecular complexity index is 490. The maximum absolute atomic E-state index is 5.90. The highest BCUT2D eigenvalue weighted by Crippen LogP contribution is 2.21. The van der Waals surface area contributed by atoms with E-state index in [0.29, 0.717) is 11.0 Å². The summed E-state index contributed by atoms with van der Waals surface area (Å²) >= 11 is 11.5. The van der Waals surface area contributed by atoms with Gasteiger partial charge in [0.25, 0.3) is 0 Å². The SMILES string of the molecule is ClCCC=Cc1c[nH]c2c(Cl)ncnc12. The molecule has 1 N–H and O–H groups in total. The van der Waals surface area contributed by atoms with E-state index >= 15 is 0 Å². The van der Waals surface area contributed by atoms with Crippen molar-refractivity contribution >= 4 is 40.3 Å². The Kier molecular flexibility index (Phi) is 3.23. The number of hydrogen-bond donors (Lipinski definition) is 1. The summed E-state index contributed by atoms with van der Waals surface area (Å²) in [6, 6.07) is 0. The molecule has 0 saturated heterocycles. The number of hydrogen-bond acceptors (Lipinski definition) is 2. The number of aromatic amines is 1. The first-order valence-electron chi connectivity index (χ1n) is 4.53. The molecule has 0 saturated carbocycles. The fourth-order valence-electron chi connectivity index (χ4n) is 1.33. The molecule has 2 aromatic rings. The largest absolute Gasteiger partial charge is 0.357 e. The van der Waals surface area contributed by atoms with E-state index in [2.05, 4.69) is 15.0 Å². The summed E-state index contributed by atoms with van der Waals surface area (Å²) in [5.41, 5.74) is 2.60. The molecule has 3 nitrogen and oxygen atoms in total. The summed E-state index contributed by atoms with van der Waals surface area (Å²) in [5.74, 6) is 0.620. The lowest BCUT2D eigenvalue weighted by atomic mass is 10.2. The van der Waals surface area contributed by atoms with Crippen LogP contribution in [0.2, 0.25) is 5.15 Å². The van der Waals surface area contributed by atoms with Crippen molar-refractivity contribution < 1.29 is 0 Å². The lowest BCUT2D eigenvalue weighted by molar-refractivity contribution is 1.22. The molecular weight excluding hydrogens is 233 g/mol. The first-order chi connectivity index (χ1) is 7.33. The van der Waals surface area contributed by atoms with Crippen LogP contribution in [0, 0.1) is 0 Å². The van der Waals surface area contributed by atoms with E-state index in [0.717, 1.165) is 23.0 Å². The highest BCUT2D eigenvalue weighted by Gasteiger charge is 2.05. The molecule has 0 bridgehead atoms. The number of rotatable bonds is 3. The molecule has 5 heteroatoms. The van der Waals surface area contributed by atoms with Gasteiger partial charge in [-0.1, -0.05) is 23.8 Å². The molecule has 0 atom stereocenters. The zero-order valence-corrected chi connectivity index (χ0v) is 9.39. The van der Waals surface area contributed by atoms with Gasteiger partial charge in [0.1, 0.15) is 17.4 Å². The molecule has 0 spiro atoms. The van der Waals surface area contributed by atoms with Crippen LogP contribution in [0.1, 0.15) is 12.0 Å². The number of nitrogens with one attached hydrogen (secondary N) is 1. The molecular formula is C10H9Cl2N3. The number of H-pyrrole nitrogens is 1. The van der Waals surface area contributed by atoms with Gasteiger partial charge in [-0.25, -0.2) is 9.97 Å². The van der Waals surface area contributed by atoms with E-state index in [-0.39, 0.29) is 0 Å². The summed E-state index contributed by atoms with van der Waals surface area (Å²) in [6.45, 7) is 0. The van der Waals surface area contributed by atoms with Crippen LogP contribution in [0.15, 0.2) is 18.6 Å². The zero-order chi connectivity index (χ0) is 10.7. The first-order valence-corrected chi connectivity index (χ1v) is 5.44. The Morgan fingerprint density at radius 3 is 3.07 bits per heavy atom. The number of aromatic nitrogens is 3. The van der Waals surface area contributed by atoms with Crippen LogP contribution < -0.4 is 0 Å². The number of alkyl halides is 1. The molecule has 0 aliphatic rings. The van der Waals surface area contributed by atoms with Gasteiger partial charge in [-0.15, -0.1) is 11.6 Å². The number of nitrogens with zero attached hydrogens (tertiary/aromatic N) is 2. The van der Waals surface area contributed by atoms with Gasteiger partial charge in [-0.05, 0) is 6.42 Å². The number of halogens is 2. The molecule has 0 amide bonds. The van der Waals surface area contributed by atoms with E-state index in [9.17, 15) is 0 Å². The van der Waals surface area contributed by atoms with E-state index in [1.54, 1.807) is 0 Å². The fraction of sp³-hybridized carbons (Fsp3) is 0.200. The predicted molar refractivity (Wildman–Crippen MR) is 63.3 cm³/mol. The van der Waals surface area contributed by atoms with Crippen LogP contribution in [0.3, 0.4) is 0 Å². The van der Waals surface area contributed by atoms with Gasteiger partial charge >= 0.3 is 0 Å².